The minimum atomic E-state index is -0.0702. The predicted octanol–water partition coefficient (Wildman–Crippen LogP) is 3.72. The van der Waals surface area contributed by atoms with Crippen LogP contribution in [0.15, 0.2) is 30.3 Å². The van der Waals surface area contributed by atoms with Crippen molar-refractivity contribution in [2.45, 2.75) is 58.5 Å². The third kappa shape index (κ3) is 4.71. The second-order valence-corrected chi connectivity index (χ2v) is 7.51. The molecule has 2 rings (SSSR count). The molecule has 2 atom stereocenters. The van der Waals surface area contributed by atoms with Gasteiger partial charge >= 0.3 is 6.03 Å². The third-order valence-corrected chi connectivity index (χ3v) is 4.62. The molecule has 1 saturated heterocycles. The molecule has 2 unspecified atom stereocenters. The van der Waals surface area contributed by atoms with E-state index < -0.39 is 0 Å². The number of carbonyl (C=O) groups is 1. The number of aliphatic hydroxyl groups excluding tert-OH is 1. The number of aliphatic hydroxyl groups is 1. The van der Waals surface area contributed by atoms with Crippen LogP contribution in [-0.4, -0.2) is 35.2 Å². The third-order valence-electron chi connectivity index (χ3n) is 4.62. The van der Waals surface area contributed by atoms with Crippen molar-refractivity contribution in [1.29, 1.82) is 0 Å². The number of likely N-dealkylation sites (tertiary alicyclic amines) is 1. The lowest BCUT2D eigenvalue weighted by Crippen LogP contribution is -2.51. The van der Waals surface area contributed by atoms with Crippen molar-refractivity contribution in [3.05, 3.63) is 35.9 Å². The Hall–Kier alpha value is -1.55. The monoisotopic (exact) mass is 318 g/mol. The molecular formula is C19H30N2O2. The lowest BCUT2D eigenvalue weighted by molar-refractivity contribution is 0.123. The maximum absolute atomic E-state index is 12.8. The van der Waals surface area contributed by atoms with Crippen LogP contribution in [0.1, 0.15) is 58.1 Å². The average Bonchev–Trinajstić information content (AvgIpc) is 2.53. The van der Waals surface area contributed by atoms with E-state index in [0.717, 1.165) is 31.4 Å². The molecule has 0 aromatic heterocycles. The Morgan fingerprint density at radius 3 is 2.61 bits per heavy atom. The molecule has 23 heavy (non-hydrogen) atoms. The fourth-order valence-electron chi connectivity index (χ4n) is 3.37. The van der Waals surface area contributed by atoms with E-state index in [4.69, 9.17) is 0 Å². The van der Waals surface area contributed by atoms with E-state index in [1.165, 1.54) is 0 Å². The Morgan fingerprint density at radius 2 is 2.00 bits per heavy atom. The molecule has 128 valence electrons. The summed E-state index contributed by atoms with van der Waals surface area (Å²) in [5.41, 5.74) is 1.06. The second-order valence-electron chi connectivity index (χ2n) is 7.51. The Kier molecular flexibility index (Phi) is 6.05. The summed E-state index contributed by atoms with van der Waals surface area (Å²) in [5.74, 6) is 0. The Balaban J connectivity index is 2.14. The highest BCUT2D eigenvalue weighted by Crippen LogP contribution is 2.33. The smallest absolute Gasteiger partial charge is 0.318 e. The van der Waals surface area contributed by atoms with Gasteiger partial charge in [0.05, 0.1) is 6.04 Å². The van der Waals surface area contributed by atoms with Crippen molar-refractivity contribution in [2.24, 2.45) is 5.41 Å². The molecule has 0 radical (unpaired) electrons. The first-order valence-corrected chi connectivity index (χ1v) is 8.66. The number of hydrogen-bond acceptors (Lipinski definition) is 2. The number of benzene rings is 1. The Labute approximate surface area is 139 Å². The molecule has 1 aliphatic rings. The van der Waals surface area contributed by atoms with Crippen molar-refractivity contribution >= 4 is 6.03 Å². The zero-order chi connectivity index (χ0) is 16.9. The van der Waals surface area contributed by atoms with Crippen molar-refractivity contribution in [3.8, 4) is 0 Å². The zero-order valence-corrected chi connectivity index (χ0v) is 14.6. The number of hydrogen-bond donors (Lipinski definition) is 2. The van der Waals surface area contributed by atoms with Crippen LogP contribution in [0.3, 0.4) is 0 Å². The minimum Gasteiger partial charge on any atom is -0.396 e. The van der Waals surface area contributed by atoms with Crippen LogP contribution in [0.5, 0.6) is 0 Å². The standard InChI is InChI=1S/C19H30N2O2/c1-19(2,3)17(15-9-5-4-6-10-15)20-18(23)21-13-8-7-11-16(21)12-14-22/h4-6,9-10,16-17,22H,7-8,11-14H2,1-3H3,(H,20,23). The molecule has 1 aliphatic heterocycles. The lowest BCUT2D eigenvalue weighted by Gasteiger charge is -2.39. The first-order valence-electron chi connectivity index (χ1n) is 8.66. The highest BCUT2D eigenvalue weighted by molar-refractivity contribution is 5.75. The summed E-state index contributed by atoms with van der Waals surface area (Å²) in [6, 6.07) is 10.3. The molecule has 1 heterocycles. The van der Waals surface area contributed by atoms with Gasteiger partial charge < -0.3 is 15.3 Å². The molecule has 0 aliphatic carbocycles. The second kappa shape index (κ2) is 7.82. The molecule has 4 heteroatoms. The fraction of sp³-hybridized carbons (Fsp3) is 0.632. The average molecular weight is 318 g/mol. The van der Waals surface area contributed by atoms with Crippen molar-refractivity contribution in [3.63, 3.8) is 0 Å². The first kappa shape index (κ1) is 17.8. The quantitative estimate of drug-likeness (QED) is 0.889. The summed E-state index contributed by atoms with van der Waals surface area (Å²) >= 11 is 0. The number of nitrogens with zero attached hydrogens (tertiary/aromatic N) is 1. The van der Waals surface area contributed by atoms with Gasteiger partial charge in [0.1, 0.15) is 0 Å². The van der Waals surface area contributed by atoms with Crippen LogP contribution in [0, 0.1) is 5.41 Å². The van der Waals surface area contributed by atoms with Gasteiger partial charge in [-0.25, -0.2) is 4.79 Å². The molecule has 0 bridgehead atoms. The van der Waals surface area contributed by atoms with Gasteiger partial charge in [0.25, 0.3) is 0 Å². The Morgan fingerprint density at radius 1 is 1.30 bits per heavy atom. The highest BCUT2D eigenvalue weighted by Gasteiger charge is 2.32. The van der Waals surface area contributed by atoms with Crippen molar-refractivity contribution in [1.82, 2.24) is 10.2 Å². The molecule has 0 saturated carbocycles. The van der Waals surface area contributed by atoms with E-state index in [0.29, 0.717) is 6.42 Å². The number of amides is 2. The summed E-state index contributed by atoms with van der Waals surface area (Å²) < 4.78 is 0. The van der Waals surface area contributed by atoms with Gasteiger partial charge in [0.2, 0.25) is 0 Å². The lowest BCUT2D eigenvalue weighted by atomic mass is 9.82. The molecule has 2 amide bonds. The summed E-state index contributed by atoms with van der Waals surface area (Å²) in [5, 5.41) is 12.5. The van der Waals surface area contributed by atoms with Gasteiger partial charge in [0.15, 0.2) is 0 Å². The molecule has 4 nitrogen and oxygen atoms in total. The summed E-state index contributed by atoms with van der Waals surface area (Å²) in [6.07, 6.45) is 3.83. The zero-order valence-electron chi connectivity index (χ0n) is 14.6. The summed E-state index contributed by atoms with van der Waals surface area (Å²) in [7, 11) is 0. The fourth-order valence-corrected chi connectivity index (χ4v) is 3.37. The van der Waals surface area contributed by atoms with E-state index in [9.17, 15) is 9.90 Å². The summed E-state index contributed by atoms with van der Waals surface area (Å²) in [4.78, 5) is 14.8. The van der Waals surface area contributed by atoms with Crippen LogP contribution in [-0.2, 0) is 0 Å². The highest BCUT2D eigenvalue weighted by atomic mass is 16.3. The van der Waals surface area contributed by atoms with E-state index in [-0.39, 0.29) is 30.1 Å². The van der Waals surface area contributed by atoms with Gasteiger partial charge in [-0.3, -0.25) is 0 Å². The molecule has 1 aromatic carbocycles. The summed E-state index contributed by atoms with van der Waals surface area (Å²) in [6.45, 7) is 7.35. The minimum absolute atomic E-state index is 0.00747. The number of piperidine rings is 1. The number of rotatable bonds is 4. The maximum atomic E-state index is 12.8. The molecule has 0 spiro atoms. The normalized spacial score (nSPS) is 20.2. The van der Waals surface area contributed by atoms with E-state index >= 15 is 0 Å². The van der Waals surface area contributed by atoms with Crippen LogP contribution in [0.2, 0.25) is 0 Å². The number of urea groups is 1. The van der Waals surface area contributed by atoms with Gasteiger partial charge in [0, 0.05) is 19.2 Å². The first-order chi connectivity index (χ1) is 10.9. The van der Waals surface area contributed by atoms with E-state index in [2.05, 4.69) is 38.2 Å². The van der Waals surface area contributed by atoms with E-state index in [1.807, 2.05) is 23.1 Å². The van der Waals surface area contributed by atoms with E-state index in [1.54, 1.807) is 0 Å². The van der Waals surface area contributed by atoms with Crippen LogP contribution < -0.4 is 5.32 Å². The molecule has 1 aromatic rings. The van der Waals surface area contributed by atoms with Gasteiger partial charge in [-0.05, 0) is 36.7 Å². The van der Waals surface area contributed by atoms with Crippen LogP contribution >= 0.6 is 0 Å². The van der Waals surface area contributed by atoms with Gasteiger partial charge in [-0.2, -0.15) is 0 Å². The van der Waals surface area contributed by atoms with Crippen LogP contribution in [0.4, 0.5) is 4.79 Å². The van der Waals surface area contributed by atoms with Gasteiger partial charge in [-0.1, -0.05) is 51.1 Å². The molecule has 2 N–H and O–H groups in total. The molecule has 1 fully saturated rings. The SMILES string of the molecule is CC(C)(C)C(NC(=O)N1CCCCC1CCO)c1ccccc1. The Bertz CT molecular complexity index is 494. The van der Waals surface area contributed by atoms with Crippen LogP contribution in [0.25, 0.3) is 0 Å². The predicted molar refractivity (Wildman–Crippen MR) is 93.2 cm³/mol. The van der Waals surface area contributed by atoms with Crippen molar-refractivity contribution < 1.29 is 9.90 Å². The largest absolute Gasteiger partial charge is 0.396 e. The molecular weight excluding hydrogens is 288 g/mol. The van der Waals surface area contributed by atoms with Crippen molar-refractivity contribution in [2.75, 3.05) is 13.2 Å². The number of carbonyl (C=O) groups excluding carboxylic acids is 1. The topological polar surface area (TPSA) is 52.6 Å². The maximum Gasteiger partial charge on any atom is 0.318 e. The number of nitrogens with one attached hydrogen (secondary N) is 1. The van der Waals surface area contributed by atoms with Gasteiger partial charge in [-0.15, -0.1) is 0 Å².